The quantitative estimate of drug-likeness (QED) is 0.852. The van der Waals surface area contributed by atoms with Gasteiger partial charge in [-0.15, -0.1) is 0 Å². The highest BCUT2D eigenvalue weighted by Gasteiger charge is 2.42. The number of fused-ring (bicyclic) bond motifs is 2. The summed E-state index contributed by atoms with van der Waals surface area (Å²) < 4.78 is 0. The van der Waals surface area contributed by atoms with Crippen LogP contribution in [0.15, 0.2) is 30.6 Å². The molecule has 1 aliphatic heterocycles. The Hall–Kier alpha value is -2.01. The summed E-state index contributed by atoms with van der Waals surface area (Å²) in [6, 6.07) is 6.94. The van der Waals surface area contributed by atoms with Crippen molar-refractivity contribution in [2.75, 3.05) is 31.1 Å². The van der Waals surface area contributed by atoms with Gasteiger partial charge < -0.3 is 4.90 Å². The highest BCUT2D eigenvalue weighted by atomic mass is 15.3. The Labute approximate surface area is 155 Å². The zero-order valence-corrected chi connectivity index (χ0v) is 15.5. The number of pyridine rings is 1. The molecule has 3 heterocycles. The van der Waals surface area contributed by atoms with Gasteiger partial charge in [-0.3, -0.25) is 9.88 Å². The molecule has 0 spiro atoms. The maximum atomic E-state index is 4.84. The van der Waals surface area contributed by atoms with Crippen LogP contribution in [0.4, 0.5) is 5.82 Å². The van der Waals surface area contributed by atoms with Gasteiger partial charge >= 0.3 is 0 Å². The summed E-state index contributed by atoms with van der Waals surface area (Å²) in [6.07, 6.45) is 9.52. The van der Waals surface area contributed by atoms with Crippen LogP contribution in [0.2, 0.25) is 0 Å². The molecule has 3 unspecified atom stereocenters. The van der Waals surface area contributed by atoms with Crippen molar-refractivity contribution in [1.82, 2.24) is 19.9 Å². The maximum absolute atomic E-state index is 4.84. The lowest BCUT2D eigenvalue weighted by molar-refractivity contribution is 0.134. The molecule has 5 heteroatoms. The van der Waals surface area contributed by atoms with Crippen LogP contribution in [0.1, 0.15) is 31.4 Å². The molecule has 1 saturated heterocycles. The monoisotopic (exact) mass is 349 g/mol. The summed E-state index contributed by atoms with van der Waals surface area (Å²) in [7, 11) is 0. The van der Waals surface area contributed by atoms with Gasteiger partial charge in [-0.2, -0.15) is 0 Å². The molecule has 0 amide bonds. The third-order valence-electron chi connectivity index (χ3n) is 6.57. The van der Waals surface area contributed by atoms with Crippen LogP contribution in [-0.4, -0.2) is 52.1 Å². The summed E-state index contributed by atoms with van der Waals surface area (Å²) in [6.45, 7) is 6.52. The van der Waals surface area contributed by atoms with E-state index in [4.69, 9.17) is 4.98 Å². The third-order valence-corrected chi connectivity index (χ3v) is 6.57. The predicted octanol–water partition coefficient (Wildman–Crippen LogP) is 3.16. The molecule has 3 fully saturated rings. The molecule has 2 aromatic rings. The molecule has 2 aromatic heterocycles. The lowest BCUT2D eigenvalue weighted by Gasteiger charge is -2.41. The molecular formula is C21H27N5. The summed E-state index contributed by atoms with van der Waals surface area (Å²) >= 11 is 0. The van der Waals surface area contributed by atoms with Gasteiger partial charge in [0.1, 0.15) is 5.82 Å². The van der Waals surface area contributed by atoms with Crippen LogP contribution in [0.5, 0.6) is 0 Å². The minimum atomic E-state index is 0.781. The average Bonchev–Trinajstić information content (AvgIpc) is 3.32. The fraction of sp³-hybridized carbons (Fsp3) is 0.571. The largest absolute Gasteiger partial charge is 0.354 e. The fourth-order valence-corrected chi connectivity index (χ4v) is 5.28. The molecule has 3 atom stereocenters. The number of nitrogens with zero attached hydrogens (tertiary/aromatic N) is 5. The van der Waals surface area contributed by atoms with E-state index in [2.05, 4.69) is 32.8 Å². The van der Waals surface area contributed by atoms with Crippen molar-refractivity contribution in [2.45, 2.75) is 38.6 Å². The number of aromatic nitrogens is 3. The minimum absolute atomic E-state index is 0.781. The smallest absolute Gasteiger partial charge is 0.163 e. The summed E-state index contributed by atoms with van der Waals surface area (Å²) in [5, 5.41) is 0. The second-order valence-corrected chi connectivity index (χ2v) is 8.20. The number of aryl methyl sites for hydroxylation is 1. The zero-order chi connectivity index (χ0) is 17.5. The molecule has 0 N–H and O–H groups in total. The highest BCUT2D eigenvalue weighted by Crippen LogP contribution is 2.46. The second kappa shape index (κ2) is 6.62. The predicted molar refractivity (Wildman–Crippen MR) is 103 cm³/mol. The van der Waals surface area contributed by atoms with Crippen LogP contribution in [0.3, 0.4) is 0 Å². The van der Waals surface area contributed by atoms with Crippen molar-refractivity contribution in [3.05, 3.63) is 36.3 Å². The molecule has 3 aliphatic rings. The van der Waals surface area contributed by atoms with Crippen molar-refractivity contribution < 1.29 is 0 Å². The maximum Gasteiger partial charge on any atom is 0.163 e. The Morgan fingerprint density at radius 3 is 2.62 bits per heavy atom. The number of hydrogen-bond donors (Lipinski definition) is 0. The lowest BCUT2D eigenvalue weighted by atomic mass is 9.93. The lowest BCUT2D eigenvalue weighted by Crippen LogP contribution is -2.52. The van der Waals surface area contributed by atoms with Gasteiger partial charge in [-0.1, -0.05) is 6.42 Å². The number of rotatable bonds is 3. The van der Waals surface area contributed by atoms with E-state index < -0.39 is 0 Å². The Bertz CT molecular complexity index is 769. The van der Waals surface area contributed by atoms with E-state index in [1.54, 1.807) is 6.20 Å². The normalized spacial score (nSPS) is 28.7. The third kappa shape index (κ3) is 2.98. The average molecular weight is 349 g/mol. The van der Waals surface area contributed by atoms with Crippen LogP contribution < -0.4 is 4.90 Å². The first kappa shape index (κ1) is 16.2. The molecule has 2 aliphatic carbocycles. The van der Waals surface area contributed by atoms with Crippen molar-refractivity contribution in [2.24, 2.45) is 11.8 Å². The van der Waals surface area contributed by atoms with Crippen LogP contribution in [0.25, 0.3) is 11.4 Å². The number of hydrogen-bond acceptors (Lipinski definition) is 5. The first-order valence-corrected chi connectivity index (χ1v) is 10.0. The van der Waals surface area contributed by atoms with Crippen molar-refractivity contribution >= 4 is 5.82 Å². The van der Waals surface area contributed by atoms with E-state index in [1.807, 2.05) is 18.3 Å². The van der Waals surface area contributed by atoms with Gasteiger partial charge in [-0.05, 0) is 50.2 Å². The molecule has 0 radical (unpaired) electrons. The molecule has 26 heavy (non-hydrogen) atoms. The highest BCUT2D eigenvalue weighted by molar-refractivity contribution is 5.56. The van der Waals surface area contributed by atoms with Gasteiger partial charge in [-0.25, -0.2) is 9.97 Å². The minimum Gasteiger partial charge on any atom is -0.354 e. The zero-order valence-electron chi connectivity index (χ0n) is 15.5. The van der Waals surface area contributed by atoms with Gasteiger partial charge in [0, 0.05) is 61.9 Å². The number of piperazine rings is 1. The molecular weight excluding hydrogens is 322 g/mol. The topological polar surface area (TPSA) is 45.2 Å². The number of anilines is 1. The van der Waals surface area contributed by atoms with Gasteiger partial charge in [0.15, 0.2) is 5.82 Å². The van der Waals surface area contributed by atoms with E-state index in [0.29, 0.717) is 0 Å². The molecule has 5 rings (SSSR count). The first-order chi connectivity index (χ1) is 12.8. The van der Waals surface area contributed by atoms with Crippen LogP contribution >= 0.6 is 0 Å². The van der Waals surface area contributed by atoms with Crippen LogP contribution in [-0.2, 0) is 0 Å². The van der Waals surface area contributed by atoms with E-state index in [9.17, 15) is 0 Å². The van der Waals surface area contributed by atoms with E-state index in [-0.39, 0.29) is 0 Å². The Morgan fingerprint density at radius 1 is 1.04 bits per heavy atom. The van der Waals surface area contributed by atoms with Crippen molar-refractivity contribution in [1.29, 1.82) is 0 Å². The molecule has 2 bridgehead atoms. The van der Waals surface area contributed by atoms with Gasteiger partial charge in [0.25, 0.3) is 0 Å². The summed E-state index contributed by atoms with van der Waals surface area (Å²) in [5.41, 5.74) is 2.00. The second-order valence-electron chi connectivity index (χ2n) is 8.20. The van der Waals surface area contributed by atoms with Crippen molar-refractivity contribution in [3.8, 4) is 11.4 Å². The Balaban J connectivity index is 1.30. The van der Waals surface area contributed by atoms with Crippen LogP contribution in [0, 0.1) is 18.8 Å². The molecule has 2 saturated carbocycles. The molecule has 5 nitrogen and oxygen atoms in total. The SMILES string of the molecule is Cc1cc(N2CCN(C3CC4CCC3C4)CC2)nc(-c2cccnc2)n1. The van der Waals surface area contributed by atoms with Gasteiger partial charge in [0.2, 0.25) is 0 Å². The van der Waals surface area contributed by atoms with E-state index >= 15 is 0 Å². The summed E-state index contributed by atoms with van der Waals surface area (Å²) in [4.78, 5) is 18.9. The van der Waals surface area contributed by atoms with Crippen molar-refractivity contribution in [3.63, 3.8) is 0 Å². The Kier molecular flexibility index (Phi) is 4.12. The Morgan fingerprint density at radius 2 is 1.92 bits per heavy atom. The van der Waals surface area contributed by atoms with Gasteiger partial charge in [0.05, 0.1) is 0 Å². The fourth-order valence-electron chi connectivity index (χ4n) is 5.28. The molecule has 136 valence electrons. The first-order valence-electron chi connectivity index (χ1n) is 10.0. The molecule has 0 aromatic carbocycles. The van der Waals surface area contributed by atoms with E-state index in [0.717, 1.165) is 53.9 Å². The summed E-state index contributed by atoms with van der Waals surface area (Å²) in [5.74, 6) is 3.84. The standard InChI is InChI=1S/C21H27N5/c1-15-11-20(24-21(23-15)18-3-2-6-22-14-18)26-9-7-25(8-10-26)19-13-16-4-5-17(19)12-16/h2-3,6,11,14,16-17,19H,4-5,7-10,12-13H2,1H3. The van der Waals surface area contributed by atoms with E-state index in [1.165, 1.54) is 38.8 Å².